The van der Waals surface area contributed by atoms with Crippen LogP contribution in [0, 0.1) is 0 Å². The number of para-hydroxylation sites is 1. The predicted octanol–water partition coefficient (Wildman–Crippen LogP) is 4.47. The largest absolute Gasteiger partial charge is 0.385 e. The number of hydrogen-bond acceptors (Lipinski definition) is 1. The van der Waals surface area contributed by atoms with Crippen LogP contribution in [0.4, 0.5) is 5.82 Å². The van der Waals surface area contributed by atoms with Gasteiger partial charge in [0.05, 0.1) is 0 Å². The second-order valence-corrected chi connectivity index (χ2v) is 4.46. The SMILES string of the molecule is C=C(C)c1ccccc1.Nc1cc2ccccc2[nH]1. The lowest BCUT2D eigenvalue weighted by Crippen LogP contribution is -1.80. The van der Waals surface area contributed by atoms with E-state index in [0.29, 0.717) is 0 Å². The van der Waals surface area contributed by atoms with E-state index in [0.717, 1.165) is 16.9 Å². The first kappa shape index (κ1) is 13.0. The van der Waals surface area contributed by atoms with E-state index in [1.165, 1.54) is 10.9 Å². The number of H-pyrrole nitrogens is 1. The Balaban J connectivity index is 0.000000141. The number of hydrogen-bond donors (Lipinski definition) is 2. The maximum absolute atomic E-state index is 5.54. The van der Waals surface area contributed by atoms with E-state index in [-0.39, 0.29) is 0 Å². The highest BCUT2D eigenvalue weighted by atomic mass is 14.8. The topological polar surface area (TPSA) is 41.8 Å². The summed E-state index contributed by atoms with van der Waals surface area (Å²) in [4.78, 5) is 3.04. The highest BCUT2D eigenvalue weighted by Gasteiger charge is 1.92. The second-order valence-electron chi connectivity index (χ2n) is 4.46. The van der Waals surface area contributed by atoms with Crippen LogP contribution in [0.25, 0.3) is 16.5 Å². The summed E-state index contributed by atoms with van der Waals surface area (Å²) in [7, 11) is 0. The van der Waals surface area contributed by atoms with Crippen molar-refractivity contribution in [1.82, 2.24) is 4.98 Å². The maximum Gasteiger partial charge on any atom is 0.101 e. The van der Waals surface area contributed by atoms with Crippen molar-refractivity contribution in [3.63, 3.8) is 0 Å². The van der Waals surface area contributed by atoms with Gasteiger partial charge in [0.1, 0.15) is 5.82 Å². The lowest BCUT2D eigenvalue weighted by molar-refractivity contribution is 1.47. The highest BCUT2D eigenvalue weighted by molar-refractivity contribution is 5.83. The number of nitrogen functional groups attached to an aromatic ring is 1. The monoisotopic (exact) mass is 250 g/mol. The average Bonchev–Trinajstić information content (AvgIpc) is 2.80. The Morgan fingerprint density at radius 2 is 1.63 bits per heavy atom. The minimum absolute atomic E-state index is 0.723. The molecule has 3 N–H and O–H groups in total. The molecule has 0 atom stereocenters. The smallest absolute Gasteiger partial charge is 0.101 e. The van der Waals surface area contributed by atoms with Crippen molar-refractivity contribution < 1.29 is 0 Å². The second kappa shape index (κ2) is 5.91. The van der Waals surface area contributed by atoms with Crippen LogP contribution in [0.15, 0.2) is 67.2 Å². The molecule has 0 bridgehead atoms. The van der Waals surface area contributed by atoms with Crippen LogP contribution in [-0.4, -0.2) is 4.98 Å². The van der Waals surface area contributed by atoms with Crippen molar-refractivity contribution in [2.24, 2.45) is 0 Å². The van der Waals surface area contributed by atoms with Gasteiger partial charge in [-0.2, -0.15) is 0 Å². The lowest BCUT2D eigenvalue weighted by Gasteiger charge is -1.94. The number of benzene rings is 2. The van der Waals surface area contributed by atoms with E-state index in [2.05, 4.69) is 23.7 Å². The molecule has 0 aliphatic heterocycles. The molecule has 1 aromatic heterocycles. The summed E-state index contributed by atoms with van der Waals surface area (Å²) in [5.74, 6) is 0.723. The molecule has 0 radical (unpaired) electrons. The molecule has 1 heterocycles. The minimum atomic E-state index is 0.723. The van der Waals surface area contributed by atoms with Gasteiger partial charge in [0, 0.05) is 10.9 Å². The molecule has 0 aliphatic carbocycles. The Morgan fingerprint density at radius 1 is 1.00 bits per heavy atom. The molecule has 0 fully saturated rings. The zero-order valence-electron chi connectivity index (χ0n) is 11.1. The number of aromatic amines is 1. The van der Waals surface area contributed by atoms with E-state index < -0.39 is 0 Å². The van der Waals surface area contributed by atoms with Crippen LogP contribution in [0.2, 0.25) is 0 Å². The summed E-state index contributed by atoms with van der Waals surface area (Å²) >= 11 is 0. The maximum atomic E-state index is 5.54. The van der Waals surface area contributed by atoms with E-state index in [4.69, 9.17) is 5.73 Å². The molecule has 2 aromatic carbocycles. The Bertz CT molecular complexity index is 633. The van der Waals surface area contributed by atoms with Gasteiger partial charge >= 0.3 is 0 Å². The summed E-state index contributed by atoms with van der Waals surface area (Å²) in [5, 5.41) is 1.17. The number of anilines is 1. The third-order valence-electron chi connectivity index (χ3n) is 2.82. The van der Waals surface area contributed by atoms with Gasteiger partial charge in [-0.05, 0) is 24.6 Å². The Kier molecular flexibility index (Phi) is 4.04. The first-order chi connectivity index (χ1) is 9.16. The molecule has 3 aromatic rings. The molecule has 0 amide bonds. The van der Waals surface area contributed by atoms with Crippen molar-refractivity contribution in [2.45, 2.75) is 6.92 Å². The van der Waals surface area contributed by atoms with Crippen LogP contribution in [0.3, 0.4) is 0 Å². The first-order valence-electron chi connectivity index (χ1n) is 6.21. The molecule has 0 aliphatic rings. The number of nitrogens with two attached hydrogens (primary N) is 1. The van der Waals surface area contributed by atoms with Crippen LogP contribution < -0.4 is 5.73 Å². The summed E-state index contributed by atoms with van der Waals surface area (Å²) in [6.45, 7) is 5.83. The fraction of sp³-hybridized carbons (Fsp3) is 0.0588. The van der Waals surface area contributed by atoms with Gasteiger partial charge < -0.3 is 10.7 Å². The highest BCUT2D eigenvalue weighted by Crippen LogP contribution is 2.14. The van der Waals surface area contributed by atoms with Gasteiger partial charge in [-0.25, -0.2) is 0 Å². The van der Waals surface area contributed by atoms with Crippen molar-refractivity contribution in [3.05, 3.63) is 72.8 Å². The molecule has 19 heavy (non-hydrogen) atoms. The number of fused-ring (bicyclic) bond motifs is 1. The van der Waals surface area contributed by atoms with Crippen LogP contribution in [0.1, 0.15) is 12.5 Å². The Hall–Kier alpha value is -2.48. The standard InChI is InChI=1S/C9H10.C8H8N2/c1-8(2)9-6-4-3-5-7-9;9-8-5-6-3-1-2-4-7(6)10-8/h3-7H,1H2,2H3;1-5,10H,9H2. The van der Waals surface area contributed by atoms with E-state index in [1.807, 2.05) is 55.5 Å². The van der Waals surface area contributed by atoms with Gasteiger partial charge in [0.25, 0.3) is 0 Å². The van der Waals surface area contributed by atoms with Crippen LogP contribution in [-0.2, 0) is 0 Å². The van der Waals surface area contributed by atoms with Crippen molar-refractivity contribution in [2.75, 3.05) is 5.73 Å². The molecule has 2 nitrogen and oxygen atoms in total. The normalized spacial score (nSPS) is 9.74. The van der Waals surface area contributed by atoms with E-state index in [1.54, 1.807) is 0 Å². The average molecular weight is 250 g/mol. The zero-order chi connectivity index (χ0) is 13.7. The van der Waals surface area contributed by atoms with Crippen molar-refractivity contribution in [3.8, 4) is 0 Å². The molecule has 96 valence electrons. The Labute approximate surface area is 113 Å². The van der Waals surface area contributed by atoms with Crippen LogP contribution in [0.5, 0.6) is 0 Å². The number of allylic oxidation sites excluding steroid dienone is 1. The number of rotatable bonds is 1. The number of aromatic nitrogens is 1. The molecule has 0 saturated carbocycles. The first-order valence-corrected chi connectivity index (χ1v) is 6.21. The summed E-state index contributed by atoms with van der Waals surface area (Å²) in [6.07, 6.45) is 0. The summed E-state index contributed by atoms with van der Waals surface area (Å²) in [5.41, 5.74) is 8.97. The third-order valence-corrected chi connectivity index (χ3v) is 2.82. The Morgan fingerprint density at radius 3 is 2.21 bits per heavy atom. The van der Waals surface area contributed by atoms with Gasteiger partial charge in [0.2, 0.25) is 0 Å². The quantitative estimate of drug-likeness (QED) is 0.657. The molecule has 2 heteroatoms. The fourth-order valence-corrected chi connectivity index (χ4v) is 1.82. The minimum Gasteiger partial charge on any atom is -0.385 e. The molecule has 0 saturated heterocycles. The van der Waals surface area contributed by atoms with Gasteiger partial charge in [-0.3, -0.25) is 0 Å². The van der Waals surface area contributed by atoms with Crippen LogP contribution >= 0.6 is 0 Å². The third kappa shape index (κ3) is 3.49. The summed E-state index contributed by atoms with van der Waals surface area (Å²) in [6, 6.07) is 20.1. The van der Waals surface area contributed by atoms with E-state index in [9.17, 15) is 0 Å². The van der Waals surface area contributed by atoms with Crippen molar-refractivity contribution in [1.29, 1.82) is 0 Å². The van der Waals surface area contributed by atoms with Crippen molar-refractivity contribution >= 4 is 22.3 Å². The molecule has 0 unspecified atom stereocenters. The lowest BCUT2D eigenvalue weighted by atomic mass is 10.1. The van der Waals surface area contributed by atoms with Gasteiger partial charge in [0.15, 0.2) is 0 Å². The van der Waals surface area contributed by atoms with Gasteiger partial charge in [-0.15, -0.1) is 0 Å². The fourth-order valence-electron chi connectivity index (χ4n) is 1.82. The molecular weight excluding hydrogens is 232 g/mol. The molecule has 3 rings (SSSR count). The van der Waals surface area contributed by atoms with E-state index >= 15 is 0 Å². The molecule has 0 spiro atoms. The van der Waals surface area contributed by atoms with Gasteiger partial charge in [-0.1, -0.05) is 60.7 Å². The predicted molar refractivity (Wildman–Crippen MR) is 83.9 cm³/mol. The zero-order valence-corrected chi connectivity index (χ0v) is 11.1. The molecular formula is C17H18N2. The summed E-state index contributed by atoms with van der Waals surface area (Å²) < 4.78 is 0. The number of nitrogens with one attached hydrogen (secondary N) is 1.